The van der Waals surface area contributed by atoms with Gasteiger partial charge in [0, 0.05) is 0 Å². The fourth-order valence-corrected chi connectivity index (χ4v) is 7.13. The maximum Gasteiger partial charge on any atom is 0.138 e. The van der Waals surface area contributed by atoms with Gasteiger partial charge in [-0.3, -0.25) is 4.79 Å². The number of carbonyl (C=O) groups excluding carboxylic acids is 1. The smallest absolute Gasteiger partial charge is 0.138 e. The molecule has 32 heavy (non-hydrogen) atoms. The van der Waals surface area contributed by atoms with Crippen LogP contribution in [0, 0.1) is 28.6 Å². The second kappa shape index (κ2) is 9.06. The highest BCUT2D eigenvalue weighted by Crippen LogP contribution is 2.59. The minimum atomic E-state index is -0.639. The van der Waals surface area contributed by atoms with Crippen LogP contribution in [0.15, 0.2) is 47.6 Å². The number of allylic oxidation sites excluding steroid dienone is 5. The van der Waals surface area contributed by atoms with Gasteiger partial charge >= 0.3 is 0 Å². The molecule has 0 amide bonds. The van der Waals surface area contributed by atoms with Crippen molar-refractivity contribution in [3.8, 4) is 0 Å². The molecule has 0 unspecified atom stereocenters. The lowest BCUT2D eigenvalue weighted by atomic mass is 9.61. The Balaban J connectivity index is 1.47. The van der Waals surface area contributed by atoms with Crippen LogP contribution in [0.5, 0.6) is 0 Å². The summed E-state index contributed by atoms with van der Waals surface area (Å²) in [5.41, 5.74) is 3.78. The lowest BCUT2D eigenvalue weighted by molar-refractivity contribution is -0.124. The van der Waals surface area contributed by atoms with E-state index in [0.717, 1.165) is 32.1 Å². The average Bonchev–Trinajstić information content (AvgIpc) is 3.49. The quantitative estimate of drug-likeness (QED) is 0.494. The molecule has 4 saturated carbocycles. The maximum atomic E-state index is 11.9. The van der Waals surface area contributed by atoms with Gasteiger partial charge in [0.2, 0.25) is 0 Å². The van der Waals surface area contributed by atoms with Gasteiger partial charge in [0.05, 0.1) is 17.6 Å². The van der Waals surface area contributed by atoms with Crippen molar-refractivity contribution in [3.63, 3.8) is 0 Å². The van der Waals surface area contributed by atoms with Crippen molar-refractivity contribution in [3.05, 3.63) is 47.6 Å². The highest BCUT2D eigenvalue weighted by atomic mass is 16.3. The van der Waals surface area contributed by atoms with E-state index in [1.807, 2.05) is 6.08 Å². The van der Waals surface area contributed by atoms with Crippen LogP contribution in [0.1, 0.15) is 85.0 Å². The molecule has 4 aliphatic carbocycles. The van der Waals surface area contributed by atoms with E-state index in [1.165, 1.54) is 43.3 Å². The molecule has 3 heteroatoms. The molecule has 6 atom stereocenters. The minimum Gasteiger partial charge on any atom is -0.393 e. The largest absolute Gasteiger partial charge is 0.393 e. The summed E-state index contributed by atoms with van der Waals surface area (Å²) in [7, 11) is 0. The predicted octanol–water partition coefficient (Wildman–Crippen LogP) is 6.08. The van der Waals surface area contributed by atoms with Crippen LogP contribution >= 0.6 is 0 Å². The van der Waals surface area contributed by atoms with Crippen LogP contribution in [0.3, 0.4) is 0 Å². The zero-order valence-electron chi connectivity index (χ0n) is 20.3. The topological polar surface area (TPSA) is 57.5 Å². The molecule has 0 aromatic heterocycles. The highest BCUT2D eigenvalue weighted by molar-refractivity contribution is 5.86. The fraction of sp³-hybridized carbons (Fsp3) is 0.690. The van der Waals surface area contributed by atoms with Gasteiger partial charge in [-0.2, -0.15) is 0 Å². The summed E-state index contributed by atoms with van der Waals surface area (Å²) in [4.78, 5) is 11.9. The summed E-state index contributed by atoms with van der Waals surface area (Å²) in [6.07, 6.45) is 18.1. The van der Waals surface area contributed by atoms with E-state index in [1.54, 1.807) is 12.5 Å². The number of fused-ring (bicyclic) bond motifs is 1. The van der Waals surface area contributed by atoms with Crippen molar-refractivity contribution in [1.82, 2.24) is 0 Å². The molecule has 0 heterocycles. The second-order valence-corrected chi connectivity index (χ2v) is 11.4. The Kier molecular flexibility index (Phi) is 6.71. The fourth-order valence-electron chi connectivity index (χ4n) is 7.13. The molecule has 0 spiro atoms. The van der Waals surface area contributed by atoms with Gasteiger partial charge in [0.1, 0.15) is 5.78 Å². The number of ketones is 1. The Labute approximate surface area is 194 Å². The third kappa shape index (κ3) is 4.35. The monoisotopic (exact) mass is 438 g/mol. The summed E-state index contributed by atoms with van der Waals surface area (Å²) < 4.78 is 0. The Hall–Kier alpha value is -1.45. The standard InChI is InChI=1S/C29H42O3/c1-19-7-11-24(31)18-23(19)10-9-22-6-5-15-28(4)25(12-13-26(22)28)20(2)8-14-27(32)29(16-17-29)21(3)30/h8-10,14,20,24-27,31-32H,1,5-7,11-13,15-18H2,2-4H3/t20-,24+,25-,26+,27+,28-/m1/s1. The average molecular weight is 439 g/mol. The van der Waals surface area contributed by atoms with Crippen LogP contribution in [0.25, 0.3) is 0 Å². The molecular formula is C29H42O3. The second-order valence-electron chi connectivity index (χ2n) is 11.4. The molecule has 2 N–H and O–H groups in total. The number of hydrogen-bond donors (Lipinski definition) is 2. The molecule has 4 aliphatic rings. The molecule has 4 rings (SSSR count). The van der Waals surface area contributed by atoms with E-state index in [4.69, 9.17) is 0 Å². The molecule has 176 valence electrons. The van der Waals surface area contributed by atoms with E-state index in [9.17, 15) is 15.0 Å². The van der Waals surface area contributed by atoms with E-state index in [-0.39, 0.29) is 17.3 Å². The minimum absolute atomic E-state index is 0.125. The molecular weight excluding hydrogens is 396 g/mol. The molecule has 4 fully saturated rings. The summed E-state index contributed by atoms with van der Waals surface area (Å²) >= 11 is 0. The SMILES string of the molecule is C=C1CC[C@H](O)CC1=CC=C1CCC[C@]2(C)[C@@H]([C@H](C)C=C[C@H](O)C3(C(C)=O)CC3)CC[C@@H]12. The summed E-state index contributed by atoms with van der Waals surface area (Å²) in [5, 5.41) is 20.7. The summed E-state index contributed by atoms with van der Waals surface area (Å²) in [6, 6.07) is 0. The van der Waals surface area contributed by atoms with Gasteiger partial charge < -0.3 is 10.2 Å². The van der Waals surface area contributed by atoms with Crippen LogP contribution in [-0.2, 0) is 4.79 Å². The first-order valence-corrected chi connectivity index (χ1v) is 12.8. The number of Topliss-reactive ketones (excluding diaryl/α,β-unsaturated/α-hetero) is 1. The van der Waals surface area contributed by atoms with E-state index >= 15 is 0 Å². The molecule has 0 aromatic carbocycles. The zero-order chi connectivity index (χ0) is 23.1. The van der Waals surface area contributed by atoms with E-state index in [0.29, 0.717) is 17.8 Å². The van der Waals surface area contributed by atoms with Gasteiger partial charge in [0.15, 0.2) is 0 Å². The van der Waals surface area contributed by atoms with Crippen molar-refractivity contribution >= 4 is 5.78 Å². The molecule has 3 nitrogen and oxygen atoms in total. The van der Waals surface area contributed by atoms with Crippen molar-refractivity contribution in [2.45, 2.75) is 97.2 Å². The van der Waals surface area contributed by atoms with Gasteiger partial charge in [0.25, 0.3) is 0 Å². The maximum absolute atomic E-state index is 11.9. The zero-order valence-corrected chi connectivity index (χ0v) is 20.3. The Morgan fingerprint density at radius 2 is 1.88 bits per heavy atom. The molecule has 0 aliphatic heterocycles. The number of aliphatic hydroxyl groups excluding tert-OH is 2. The number of rotatable bonds is 6. The number of hydrogen-bond acceptors (Lipinski definition) is 3. The van der Waals surface area contributed by atoms with Crippen LogP contribution < -0.4 is 0 Å². The molecule has 0 saturated heterocycles. The Morgan fingerprint density at radius 3 is 2.56 bits per heavy atom. The van der Waals surface area contributed by atoms with Gasteiger partial charge in [-0.1, -0.05) is 55.9 Å². The summed E-state index contributed by atoms with van der Waals surface area (Å²) in [6.45, 7) is 10.6. The number of carbonyl (C=O) groups is 1. The first-order chi connectivity index (χ1) is 15.2. The lowest BCUT2D eigenvalue weighted by Gasteiger charge is -2.44. The van der Waals surface area contributed by atoms with Gasteiger partial charge in [-0.15, -0.1) is 0 Å². The normalized spacial score (nSPS) is 38.8. The third-order valence-electron chi connectivity index (χ3n) is 9.51. The van der Waals surface area contributed by atoms with Crippen molar-refractivity contribution in [1.29, 1.82) is 0 Å². The highest BCUT2D eigenvalue weighted by Gasteiger charge is 2.53. The first-order valence-electron chi connectivity index (χ1n) is 12.8. The van der Waals surface area contributed by atoms with Crippen molar-refractivity contribution < 1.29 is 15.0 Å². The number of aliphatic hydroxyl groups is 2. The van der Waals surface area contributed by atoms with Gasteiger partial charge in [-0.25, -0.2) is 0 Å². The van der Waals surface area contributed by atoms with Gasteiger partial charge in [-0.05, 0) is 99.9 Å². The molecule has 0 radical (unpaired) electrons. The lowest BCUT2D eigenvalue weighted by Crippen LogP contribution is -2.35. The Bertz CT molecular complexity index is 842. The predicted molar refractivity (Wildman–Crippen MR) is 130 cm³/mol. The molecule has 0 bridgehead atoms. The molecule has 0 aromatic rings. The van der Waals surface area contributed by atoms with E-state index < -0.39 is 11.5 Å². The van der Waals surface area contributed by atoms with E-state index in [2.05, 4.69) is 38.7 Å². The van der Waals surface area contributed by atoms with Crippen molar-refractivity contribution in [2.75, 3.05) is 0 Å². The Morgan fingerprint density at radius 1 is 1.12 bits per heavy atom. The van der Waals surface area contributed by atoms with Crippen LogP contribution in [0.2, 0.25) is 0 Å². The van der Waals surface area contributed by atoms with Crippen molar-refractivity contribution in [2.24, 2.45) is 28.6 Å². The van der Waals surface area contributed by atoms with Crippen LogP contribution in [0.4, 0.5) is 0 Å². The van der Waals surface area contributed by atoms with Crippen LogP contribution in [-0.4, -0.2) is 28.2 Å². The third-order valence-corrected chi connectivity index (χ3v) is 9.51. The first kappa shape index (κ1) is 23.7. The summed E-state index contributed by atoms with van der Waals surface area (Å²) in [5.74, 6) is 1.74.